The fourth-order valence-electron chi connectivity index (χ4n) is 4.30. The van der Waals surface area contributed by atoms with Gasteiger partial charge in [-0.15, -0.1) is 0 Å². The third-order valence-electron chi connectivity index (χ3n) is 6.01. The van der Waals surface area contributed by atoms with Crippen molar-refractivity contribution >= 4 is 22.6 Å². The fraction of sp³-hybridized carbons (Fsp3) is 0.348. The summed E-state index contributed by atoms with van der Waals surface area (Å²) in [5, 5.41) is 10.8. The Hall–Kier alpha value is -2.51. The maximum absolute atomic E-state index is 13.9. The van der Waals surface area contributed by atoms with Gasteiger partial charge in [0.2, 0.25) is 11.2 Å². The highest BCUT2D eigenvalue weighted by Gasteiger charge is 2.40. The maximum Gasteiger partial charge on any atom is 0.450 e. The molecule has 2 aromatic carbocycles. The van der Waals surface area contributed by atoms with E-state index in [2.05, 4.69) is 6.92 Å². The molecule has 0 bridgehead atoms. The van der Waals surface area contributed by atoms with E-state index in [1.54, 1.807) is 0 Å². The number of nitrogens with one attached hydrogen (secondary N) is 1. The molecule has 164 valence electrons. The maximum atomic E-state index is 13.9. The third-order valence-corrected chi connectivity index (χ3v) is 6.27. The first-order valence-electron chi connectivity index (χ1n) is 10.2. The zero-order valence-electron chi connectivity index (χ0n) is 16.9. The molecule has 2 heterocycles. The summed E-state index contributed by atoms with van der Waals surface area (Å²) in [6.45, 7) is 3.20. The molecule has 8 heteroatoms. The number of likely N-dealkylation sites (tertiary alicyclic amines) is 1. The molecule has 0 saturated carbocycles. The number of phenolic OH excluding ortho intramolecular Hbond substituents is 1. The topological polar surface area (TPSA) is 54.9 Å². The van der Waals surface area contributed by atoms with Crippen molar-refractivity contribution in [3.63, 3.8) is 0 Å². The Bertz CT molecular complexity index is 1170. The molecule has 31 heavy (non-hydrogen) atoms. The van der Waals surface area contributed by atoms with Crippen LogP contribution in [0.2, 0.25) is 5.02 Å². The van der Waals surface area contributed by atoms with Crippen LogP contribution in [0.25, 0.3) is 22.1 Å². The molecule has 4 rings (SSSR count). The van der Waals surface area contributed by atoms with Crippen LogP contribution >= 0.6 is 11.6 Å². The van der Waals surface area contributed by atoms with E-state index in [1.165, 1.54) is 36.4 Å². The first kappa shape index (κ1) is 21.7. The number of aromatic hydroxyl groups is 1. The van der Waals surface area contributed by atoms with Gasteiger partial charge in [0.15, 0.2) is 5.58 Å². The van der Waals surface area contributed by atoms with Crippen molar-refractivity contribution in [2.24, 2.45) is 0 Å². The lowest BCUT2D eigenvalue weighted by Gasteiger charge is -2.30. The molecule has 0 radical (unpaired) electrons. The summed E-state index contributed by atoms with van der Waals surface area (Å²) in [6.07, 6.45) is -1.79. The minimum absolute atomic E-state index is 0.00909. The van der Waals surface area contributed by atoms with E-state index in [0.717, 1.165) is 30.7 Å². The van der Waals surface area contributed by atoms with Gasteiger partial charge >= 0.3 is 6.18 Å². The highest BCUT2D eigenvalue weighted by atomic mass is 35.5. The Morgan fingerprint density at radius 1 is 1.16 bits per heavy atom. The Balaban J connectivity index is 1.96. The van der Waals surface area contributed by atoms with Gasteiger partial charge in [0, 0.05) is 5.02 Å². The zero-order valence-corrected chi connectivity index (χ0v) is 17.6. The van der Waals surface area contributed by atoms with Gasteiger partial charge in [0.1, 0.15) is 12.3 Å². The lowest BCUT2D eigenvalue weighted by molar-refractivity contribution is -0.941. The Morgan fingerprint density at radius 3 is 2.52 bits per heavy atom. The molecule has 2 atom stereocenters. The number of rotatable bonds is 3. The molecule has 3 aromatic rings. The molecule has 0 amide bonds. The van der Waals surface area contributed by atoms with Crippen LogP contribution in [0.3, 0.4) is 0 Å². The van der Waals surface area contributed by atoms with Crippen LogP contribution in [0.4, 0.5) is 13.2 Å². The Labute approximate surface area is 181 Å². The number of halogens is 4. The van der Waals surface area contributed by atoms with Crippen LogP contribution in [0.15, 0.2) is 45.6 Å². The predicted octanol–water partition coefficient (Wildman–Crippen LogP) is 4.80. The van der Waals surface area contributed by atoms with E-state index in [4.69, 9.17) is 16.0 Å². The Kier molecular flexibility index (Phi) is 5.75. The second-order valence-corrected chi connectivity index (χ2v) is 8.50. The largest absolute Gasteiger partial charge is 0.507 e. The average Bonchev–Trinajstić information content (AvgIpc) is 2.71. The van der Waals surface area contributed by atoms with Gasteiger partial charge in [0.05, 0.1) is 29.1 Å². The molecular formula is C23H22ClF3NO3+. The van der Waals surface area contributed by atoms with Crippen LogP contribution in [-0.2, 0) is 12.7 Å². The molecule has 1 unspecified atom stereocenters. The molecule has 1 fully saturated rings. The van der Waals surface area contributed by atoms with E-state index >= 15 is 0 Å². The summed E-state index contributed by atoms with van der Waals surface area (Å²) < 4.78 is 47.2. The summed E-state index contributed by atoms with van der Waals surface area (Å²) in [5.41, 5.74) is -1.27. The van der Waals surface area contributed by atoms with Gasteiger partial charge in [-0.05, 0) is 56.0 Å². The highest BCUT2D eigenvalue weighted by Crippen LogP contribution is 2.39. The van der Waals surface area contributed by atoms with E-state index < -0.39 is 22.9 Å². The minimum atomic E-state index is -4.89. The number of hydrogen-bond donors (Lipinski definition) is 2. The van der Waals surface area contributed by atoms with Gasteiger partial charge in [0.25, 0.3) is 0 Å². The molecule has 1 aliphatic rings. The van der Waals surface area contributed by atoms with Crippen molar-refractivity contribution in [1.29, 1.82) is 0 Å². The van der Waals surface area contributed by atoms with Gasteiger partial charge in [-0.25, -0.2) is 0 Å². The van der Waals surface area contributed by atoms with E-state index in [1.807, 2.05) is 0 Å². The summed E-state index contributed by atoms with van der Waals surface area (Å²) in [7, 11) is 0. The first-order chi connectivity index (χ1) is 14.7. The van der Waals surface area contributed by atoms with Crippen molar-refractivity contribution in [3.8, 4) is 16.9 Å². The summed E-state index contributed by atoms with van der Waals surface area (Å²) in [6, 6.07) is 8.52. The SMILES string of the molecule is C[C@H]1CCCC[NH+]1Cc1c(O)ccc2c(=O)c(-c3ccc(Cl)cc3)c(C(F)(F)F)oc12. The molecule has 1 saturated heterocycles. The lowest BCUT2D eigenvalue weighted by atomic mass is 9.99. The number of quaternary nitrogens is 1. The summed E-state index contributed by atoms with van der Waals surface area (Å²) in [5.74, 6) is -1.55. The lowest BCUT2D eigenvalue weighted by Crippen LogP contribution is -3.14. The van der Waals surface area contributed by atoms with Crippen molar-refractivity contribution in [2.45, 2.75) is 44.9 Å². The third kappa shape index (κ3) is 4.16. The summed E-state index contributed by atoms with van der Waals surface area (Å²) in [4.78, 5) is 14.4. The second-order valence-electron chi connectivity index (χ2n) is 8.06. The van der Waals surface area contributed by atoms with Crippen molar-refractivity contribution in [2.75, 3.05) is 6.54 Å². The van der Waals surface area contributed by atoms with E-state index in [-0.39, 0.29) is 34.4 Å². The molecule has 0 spiro atoms. The van der Waals surface area contributed by atoms with Gasteiger partial charge in [-0.3, -0.25) is 4.79 Å². The molecule has 4 nitrogen and oxygen atoms in total. The van der Waals surface area contributed by atoms with Crippen molar-refractivity contribution in [3.05, 3.63) is 63.0 Å². The van der Waals surface area contributed by atoms with Gasteiger partial charge in [-0.1, -0.05) is 23.7 Å². The van der Waals surface area contributed by atoms with Crippen LogP contribution in [0.5, 0.6) is 5.75 Å². The quantitative estimate of drug-likeness (QED) is 0.600. The zero-order chi connectivity index (χ0) is 22.3. The second kappa shape index (κ2) is 8.20. The molecular weight excluding hydrogens is 431 g/mol. The standard InChI is InChI=1S/C23H21ClF3NO3/c1-13-4-2-3-11-28(13)12-17-18(29)10-9-16-20(30)19(14-5-7-15(24)8-6-14)22(23(25,26)27)31-21(16)17/h5-10,13,29H,2-4,11-12H2,1H3/p+1/t13-/m0/s1. The van der Waals surface area contributed by atoms with E-state index in [0.29, 0.717) is 11.1 Å². The van der Waals surface area contributed by atoms with Crippen LogP contribution in [0.1, 0.15) is 37.5 Å². The number of phenols is 1. The Morgan fingerprint density at radius 2 is 1.87 bits per heavy atom. The molecule has 0 aliphatic carbocycles. The summed E-state index contributed by atoms with van der Waals surface area (Å²) >= 11 is 5.85. The number of fused-ring (bicyclic) bond motifs is 1. The number of alkyl halides is 3. The highest BCUT2D eigenvalue weighted by molar-refractivity contribution is 6.30. The first-order valence-corrected chi connectivity index (χ1v) is 10.5. The smallest absolute Gasteiger partial charge is 0.450 e. The minimum Gasteiger partial charge on any atom is -0.507 e. The van der Waals surface area contributed by atoms with E-state index in [9.17, 15) is 23.1 Å². The monoisotopic (exact) mass is 452 g/mol. The van der Waals surface area contributed by atoms with Crippen LogP contribution in [0, 0.1) is 0 Å². The van der Waals surface area contributed by atoms with Gasteiger partial charge < -0.3 is 14.4 Å². The molecule has 2 N–H and O–H groups in total. The number of benzene rings is 2. The fourth-order valence-corrected chi connectivity index (χ4v) is 4.42. The number of piperidine rings is 1. The van der Waals surface area contributed by atoms with Crippen molar-refractivity contribution < 1.29 is 27.6 Å². The van der Waals surface area contributed by atoms with Crippen LogP contribution in [-0.4, -0.2) is 17.7 Å². The molecule has 1 aliphatic heterocycles. The van der Waals surface area contributed by atoms with Crippen molar-refractivity contribution in [1.82, 2.24) is 0 Å². The van der Waals surface area contributed by atoms with Gasteiger partial charge in [-0.2, -0.15) is 13.2 Å². The average molecular weight is 453 g/mol. The number of hydrogen-bond acceptors (Lipinski definition) is 3. The van der Waals surface area contributed by atoms with Crippen LogP contribution < -0.4 is 10.3 Å². The predicted molar refractivity (Wildman–Crippen MR) is 112 cm³/mol. The normalized spacial score (nSPS) is 19.6. The molecule has 1 aromatic heterocycles.